The summed E-state index contributed by atoms with van der Waals surface area (Å²) in [5.74, 6) is 0.424. The van der Waals surface area contributed by atoms with Gasteiger partial charge >= 0.3 is 0 Å². The Kier molecular flexibility index (Phi) is 7.12. The van der Waals surface area contributed by atoms with Crippen LogP contribution in [0.15, 0.2) is 82.8 Å². The number of benzene rings is 2. The first-order valence-corrected chi connectivity index (χ1v) is 14.0. The molecule has 1 aliphatic carbocycles. The van der Waals surface area contributed by atoms with E-state index in [2.05, 4.69) is 10.3 Å². The molecular formula is C33H32FN5O3. The lowest BCUT2D eigenvalue weighted by molar-refractivity contribution is 0.282. The summed E-state index contributed by atoms with van der Waals surface area (Å²) in [4.78, 5) is 33.0. The van der Waals surface area contributed by atoms with Gasteiger partial charge in [0.25, 0.3) is 11.1 Å². The monoisotopic (exact) mass is 565 g/mol. The molecule has 2 aromatic carbocycles. The summed E-state index contributed by atoms with van der Waals surface area (Å²) in [7, 11) is 3.44. The minimum atomic E-state index is -0.534. The van der Waals surface area contributed by atoms with Gasteiger partial charge in [0.15, 0.2) is 0 Å². The second-order valence-corrected chi connectivity index (χ2v) is 10.7. The van der Waals surface area contributed by atoms with Crippen LogP contribution in [0.1, 0.15) is 36.8 Å². The lowest BCUT2D eigenvalue weighted by atomic mass is 9.98. The van der Waals surface area contributed by atoms with Crippen LogP contribution in [-0.4, -0.2) is 32.8 Å². The molecule has 6 rings (SSSR count). The highest BCUT2D eigenvalue weighted by Gasteiger charge is 2.25. The van der Waals surface area contributed by atoms with E-state index in [1.165, 1.54) is 15.2 Å². The minimum absolute atomic E-state index is 0.0230. The van der Waals surface area contributed by atoms with Crippen LogP contribution in [0.5, 0.6) is 0 Å². The maximum atomic E-state index is 15.2. The first-order chi connectivity index (χ1) is 20.3. The van der Waals surface area contributed by atoms with Gasteiger partial charge in [-0.25, -0.2) is 9.37 Å². The molecule has 1 saturated carbocycles. The van der Waals surface area contributed by atoms with Gasteiger partial charge in [-0.1, -0.05) is 18.2 Å². The summed E-state index contributed by atoms with van der Waals surface area (Å²) in [5.41, 5.74) is 3.73. The number of anilines is 3. The van der Waals surface area contributed by atoms with Crippen molar-refractivity contribution in [1.29, 1.82) is 0 Å². The standard InChI is InChI=1S/C33H32FN5O3/c1-4-35-24-10-11-30(36-17-24)38(3)29-16-23(18-37(2)32(29)41)25-6-5-7-28(26(25)19-40)39-13-12-21-14-22(20-8-9-20)15-27(34)31(21)33(39)42/h5-7,10-18,20,35,40H,4,8-9,19H2,1-3H3. The number of nitrogens with zero attached hydrogens (tertiary/aromatic N) is 4. The molecule has 0 saturated heterocycles. The van der Waals surface area contributed by atoms with Gasteiger partial charge in [0.05, 0.1) is 29.6 Å². The molecule has 0 spiro atoms. The number of aliphatic hydroxyl groups is 1. The lowest BCUT2D eigenvalue weighted by Crippen LogP contribution is -2.26. The molecule has 1 aliphatic rings. The van der Waals surface area contributed by atoms with Crippen molar-refractivity contribution in [2.24, 2.45) is 7.05 Å². The Balaban J connectivity index is 1.45. The molecule has 5 aromatic rings. The van der Waals surface area contributed by atoms with Gasteiger partial charge in [0.2, 0.25) is 0 Å². The number of aromatic nitrogens is 3. The van der Waals surface area contributed by atoms with Crippen molar-refractivity contribution in [3.63, 3.8) is 0 Å². The molecule has 8 nitrogen and oxygen atoms in total. The average Bonchev–Trinajstić information content (AvgIpc) is 3.84. The third-order valence-electron chi connectivity index (χ3n) is 7.91. The quantitative estimate of drug-likeness (QED) is 0.260. The SMILES string of the molecule is CCNc1ccc(N(C)c2cc(-c3cccc(-n4ccc5cc(C6CC6)cc(F)c5c4=O)c3CO)cn(C)c2=O)nc1. The summed E-state index contributed by atoms with van der Waals surface area (Å²) in [6.07, 6.45) is 7.12. The Bertz CT molecular complexity index is 1930. The minimum Gasteiger partial charge on any atom is -0.392 e. The van der Waals surface area contributed by atoms with Crippen LogP contribution in [0.25, 0.3) is 27.6 Å². The molecule has 3 heterocycles. The van der Waals surface area contributed by atoms with E-state index in [1.54, 1.807) is 61.9 Å². The summed E-state index contributed by atoms with van der Waals surface area (Å²) in [5, 5.41) is 14.3. The van der Waals surface area contributed by atoms with Crippen molar-refractivity contribution in [1.82, 2.24) is 14.1 Å². The maximum Gasteiger partial charge on any atom is 0.274 e. The van der Waals surface area contributed by atoms with Gasteiger partial charge in [-0.2, -0.15) is 0 Å². The third kappa shape index (κ3) is 4.86. The van der Waals surface area contributed by atoms with Crippen molar-refractivity contribution >= 4 is 28.0 Å². The van der Waals surface area contributed by atoms with E-state index in [0.29, 0.717) is 45.2 Å². The Labute approximate surface area is 242 Å². The second-order valence-electron chi connectivity index (χ2n) is 10.7. The molecule has 0 amide bonds. The van der Waals surface area contributed by atoms with Gasteiger partial charge in [0.1, 0.15) is 17.3 Å². The fourth-order valence-corrected chi connectivity index (χ4v) is 5.53. The van der Waals surface area contributed by atoms with Crippen molar-refractivity contribution in [2.75, 3.05) is 23.8 Å². The molecule has 214 valence electrons. The zero-order valence-electron chi connectivity index (χ0n) is 23.8. The number of pyridine rings is 3. The molecule has 1 fully saturated rings. The van der Waals surface area contributed by atoms with Crippen LogP contribution in [0.3, 0.4) is 0 Å². The fraction of sp³-hybridized carbons (Fsp3) is 0.242. The zero-order chi connectivity index (χ0) is 29.5. The number of halogens is 1. The average molecular weight is 566 g/mol. The second kappa shape index (κ2) is 10.9. The van der Waals surface area contributed by atoms with Crippen LogP contribution in [0.2, 0.25) is 0 Å². The first-order valence-electron chi connectivity index (χ1n) is 14.0. The Morgan fingerprint density at radius 2 is 1.90 bits per heavy atom. The van der Waals surface area contributed by atoms with Crippen molar-refractivity contribution < 1.29 is 9.50 Å². The predicted octanol–water partition coefficient (Wildman–Crippen LogP) is 5.46. The van der Waals surface area contributed by atoms with Gasteiger partial charge in [-0.15, -0.1) is 0 Å². The van der Waals surface area contributed by atoms with Crippen LogP contribution in [0, 0.1) is 5.82 Å². The smallest absolute Gasteiger partial charge is 0.274 e. The molecular weight excluding hydrogens is 533 g/mol. The van der Waals surface area contributed by atoms with E-state index < -0.39 is 11.4 Å². The topological polar surface area (TPSA) is 92.4 Å². The van der Waals surface area contributed by atoms with E-state index >= 15 is 4.39 Å². The van der Waals surface area contributed by atoms with Gasteiger partial charge in [-0.05, 0) is 78.6 Å². The highest BCUT2D eigenvalue weighted by Crippen LogP contribution is 2.41. The molecule has 0 unspecified atom stereocenters. The molecule has 0 radical (unpaired) electrons. The van der Waals surface area contributed by atoms with Crippen LogP contribution in [0.4, 0.5) is 21.6 Å². The van der Waals surface area contributed by atoms with Crippen LogP contribution >= 0.6 is 0 Å². The van der Waals surface area contributed by atoms with Gasteiger partial charge in [-0.3, -0.25) is 14.2 Å². The highest BCUT2D eigenvalue weighted by atomic mass is 19.1. The Morgan fingerprint density at radius 1 is 1.10 bits per heavy atom. The number of aliphatic hydroxyl groups excluding tert-OH is 1. The molecule has 0 aliphatic heterocycles. The lowest BCUT2D eigenvalue weighted by Gasteiger charge is -2.21. The molecule has 9 heteroatoms. The van der Waals surface area contributed by atoms with Crippen molar-refractivity contribution in [2.45, 2.75) is 32.3 Å². The Hall–Kier alpha value is -4.76. The zero-order valence-corrected chi connectivity index (χ0v) is 23.8. The number of hydrogen-bond donors (Lipinski definition) is 2. The summed E-state index contributed by atoms with van der Waals surface area (Å²) >= 11 is 0. The van der Waals surface area contributed by atoms with Crippen LogP contribution < -0.4 is 21.3 Å². The predicted molar refractivity (Wildman–Crippen MR) is 165 cm³/mol. The van der Waals surface area contributed by atoms with E-state index in [4.69, 9.17) is 0 Å². The number of aryl methyl sites for hydroxylation is 1. The molecule has 2 N–H and O–H groups in total. The van der Waals surface area contributed by atoms with Gasteiger partial charge in [0, 0.05) is 44.2 Å². The van der Waals surface area contributed by atoms with E-state index in [9.17, 15) is 14.7 Å². The van der Waals surface area contributed by atoms with E-state index in [-0.39, 0.29) is 17.6 Å². The molecule has 0 atom stereocenters. The summed E-state index contributed by atoms with van der Waals surface area (Å²) < 4.78 is 18.1. The largest absolute Gasteiger partial charge is 0.392 e. The van der Waals surface area contributed by atoms with E-state index in [0.717, 1.165) is 30.6 Å². The highest BCUT2D eigenvalue weighted by molar-refractivity contribution is 5.84. The Morgan fingerprint density at radius 3 is 2.60 bits per heavy atom. The van der Waals surface area contributed by atoms with Crippen molar-refractivity contribution in [3.8, 4) is 16.8 Å². The number of rotatable bonds is 8. The van der Waals surface area contributed by atoms with E-state index in [1.807, 2.05) is 31.2 Å². The molecule has 3 aromatic heterocycles. The van der Waals surface area contributed by atoms with Crippen molar-refractivity contribution in [3.05, 3.63) is 111 Å². The number of hydrogen-bond acceptors (Lipinski definition) is 6. The fourth-order valence-electron chi connectivity index (χ4n) is 5.53. The molecule has 0 bridgehead atoms. The van der Waals surface area contributed by atoms with Crippen LogP contribution in [-0.2, 0) is 13.7 Å². The third-order valence-corrected chi connectivity index (χ3v) is 7.91. The first kappa shape index (κ1) is 27.4. The normalized spacial score (nSPS) is 13.0. The van der Waals surface area contributed by atoms with Gasteiger partial charge < -0.3 is 19.9 Å². The number of nitrogens with one attached hydrogen (secondary N) is 1. The maximum absolute atomic E-state index is 15.2. The number of fused-ring (bicyclic) bond motifs is 1. The molecule has 42 heavy (non-hydrogen) atoms. The summed E-state index contributed by atoms with van der Waals surface area (Å²) in [6, 6.07) is 15.9. The summed E-state index contributed by atoms with van der Waals surface area (Å²) in [6.45, 7) is 2.40.